The van der Waals surface area contributed by atoms with Crippen LogP contribution in [-0.2, 0) is 22.4 Å². The topological polar surface area (TPSA) is 70.4 Å². The molecule has 0 bridgehead atoms. The first-order valence-electron chi connectivity index (χ1n) is 9.53. The molecule has 2 heterocycles. The summed E-state index contributed by atoms with van der Waals surface area (Å²) >= 11 is 2.82. The van der Waals surface area contributed by atoms with Gasteiger partial charge in [0.1, 0.15) is 10.6 Å². The molecule has 0 amide bonds. The fraction of sp³-hybridized carbons (Fsp3) is 0.381. The van der Waals surface area contributed by atoms with E-state index in [1.54, 1.807) is 23.0 Å². The van der Waals surface area contributed by atoms with Gasteiger partial charge in [0.25, 0.3) is 5.56 Å². The smallest absolute Gasteiger partial charge is 0.316 e. The molecule has 1 aliphatic rings. The fourth-order valence-electron chi connectivity index (χ4n) is 3.62. The van der Waals surface area contributed by atoms with Crippen molar-refractivity contribution in [3.8, 4) is 11.4 Å². The zero-order valence-corrected chi connectivity index (χ0v) is 18.0. The lowest BCUT2D eigenvalue weighted by Crippen LogP contribution is -2.22. The van der Waals surface area contributed by atoms with E-state index in [0.29, 0.717) is 16.6 Å². The Morgan fingerprint density at radius 2 is 2.07 bits per heavy atom. The van der Waals surface area contributed by atoms with Gasteiger partial charge in [0.15, 0.2) is 5.16 Å². The van der Waals surface area contributed by atoms with E-state index in [4.69, 9.17) is 14.5 Å². The Hall–Kier alpha value is -2.32. The van der Waals surface area contributed by atoms with Crippen molar-refractivity contribution in [1.82, 2.24) is 9.55 Å². The number of fused-ring (bicyclic) bond motifs is 3. The number of carbonyl (C=O) groups excluding carboxylic acids is 1. The normalized spacial score (nSPS) is 13.7. The van der Waals surface area contributed by atoms with Gasteiger partial charge in [-0.15, -0.1) is 11.3 Å². The number of aromatic nitrogens is 2. The summed E-state index contributed by atoms with van der Waals surface area (Å²) in [6.07, 6.45) is 5.34. The number of thiophene rings is 1. The number of hydrogen-bond acceptors (Lipinski definition) is 7. The lowest BCUT2D eigenvalue weighted by Gasteiger charge is -2.13. The molecule has 2 aromatic heterocycles. The Balaban J connectivity index is 1.93. The number of benzene rings is 1. The second-order valence-electron chi connectivity index (χ2n) is 6.85. The number of nitrogens with zero attached hydrogens (tertiary/aromatic N) is 2. The molecule has 0 atom stereocenters. The van der Waals surface area contributed by atoms with E-state index in [-0.39, 0.29) is 17.3 Å². The summed E-state index contributed by atoms with van der Waals surface area (Å²) in [6.45, 7) is 0. The van der Waals surface area contributed by atoms with E-state index in [2.05, 4.69) is 0 Å². The first-order valence-corrected chi connectivity index (χ1v) is 11.3. The molecule has 1 aliphatic carbocycles. The van der Waals surface area contributed by atoms with Crippen molar-refractivity contribution in [2.24, 2.45) is 0 Å². The third-order valence-corrected chi connectivity index (χ3v) is 7.16. The summed E-state index contributed by atoms with van der Waals surface area (Å²) in [7, 11) is 2.94. The number of rotatable bonds is 5. The molecule has 8 heteroatoms. The molecule has 152 valence electrons. The molecular formula is C21H22N2O4S2. The van der Waals surface area contributed by atoms with Crippen LogP contribution in [-0.4, -0.2) is 35.5 Å². The van der Waals surface area contributed by atoms with E-state index in [9.17, 15) is 9.59 Å². The van der Waals surface area contributed by atoms with Crippen molar-refractivity contribution >= 4 is 39.3 Å². The fourth-order valence-corrected chi connectivity index (χ4v) is 5.77. The standard InChI is InChI=1S/C21H22N2O4S2/c1-26-14-8-6-7-13(11-14)23-20(25)18-15-9-4-3-5-10-16(15)29-19(18)22-21(23)28-12-17(24)27-2/h6-8,11H,3-5,9-10,12H2,1-2H3. The first kappa shape index (κ1) is 20.0. The van der Waals surface area contributed by atoms with Gasteiger partial charge in [-0.2, -0.15) is 0 Å². The molecule has 0 saturated heterocycles. The highest BCUT2D eigenvalue weighted by molar-refractivity contribution is 7.99. The number of esters is 1. The largest absolute Gasteiger partial charge is 0.497 e. The monoisotopic (exact) mass is 430 g/mol. The third kappa shape index (κ3) is 3.91. The predicted molar refractivity (Wildman–Crippen MR) is 116 cm³/mol. The van der Waals surface area contributed by atoms with Crippen molar-refractivity contribution in [2.75, 3.05) is 20.0 Å². The number of aryl methyl sites for hydroxylation is 2. The molecule has 4 rings (SSSR count). The van der Waals surface area contributed by atoms with Crippen LogP contribution < -0.4 is 10.3 Å². The van der Waals surface area contributed by atoms with Crippen molar-refractivity contribution in [3.05, 3.63) is 45.1 Å². The number of hydrogen-bond donors (Lipinski definition) is 0. The van der Waals surface area contributed by atoms with Crippen LogP contribution in [0.1, 0.15) is 29.7 Å². The number of carbonyl (C=O) groups is 1. The molecule has 1 aromatic carbocycles. The maximum atomic E-state index is 13.7. The van der Waals surface area contributed by atoms with Gasteiger partial charge in [-0.1, -0.05) is 24.2 Å². The highest BCUT2D eigenvalue weighted by Gasteiger charge is 2.22. The van der Waals surface area contributed by atoms with Gasteiger partial charge in [0.2, 0.25) is 0 Å². The Morgan fingerprint density at radius 3 is 2.86 bits per heavy atom. The van der Waals surface area contributed by atoms with Crippen LogP contribution in [0.5, 0.6) is 5.75 Å². The van der Waals surface area contributed by atoms with E-state index in [1.807, 2.05) is 24.3 Å². The Labute approximate surface area is 176 Å². The molecule has 3 aromatic rings. The van der Waals surface area contributed by atoms with Crippen LogP contribution in [0.4, 0.5) is 0 Å². The number of thioether (sulfide) groups is 1. The van der Waals surface area contributed by atoms with E-state index >= 15 is 0 Å². The van der Waals surface area contributed by atoms with Gasteiger partial charge in [0.05, 0.1) is 31.0 Å². The molecule has 29 heavy (non-hydrogen) atoms. The molecule has 0 unspecified atom stereocenters. The Morgan fingerprint density at radius 1 is 1.24 bits per heavy atom. The summed E-state index contributed by atoms with van der Waals surface area (Å²) in [4.78, 5) is 32.2. The molecule has 0 N–H and O–H groups in total. The minimum Gasteiger partial charge on any atom is -0.497 e. The Bertz CT molecular complexity index is 1120. The van der Waals surface area contributed by atoms with Crippen LogP contribution in [0, 0.1) is 0 Å². The van der Waals surface area contributed by atoms with Crippen LogP contribution in [0.15, 0.2) is 34.2 Å². The van der Waals surface area contributed by atoms with Crippen LogP contribution in [0.25, 0.3) is 15.9 Å². The molecule has 0 saturated carbocycles. The van der Waals surface area contributed by atoms with Gasteiger partial charge in [-0.25, -0.2) is 4.98 Å². The van der Waals surface area contributed by atoms with Gasteiger partial charge < -0.3 is 9.47 Å². The minimum atomic E-state index is -0.358. The average Bonchev–Trinajstić information content (AvgIpc) is 2.93. The van der Waals surface area contributed by atoms with Crippen molar-refractivity contribution in [3.63, 3.8) is 0 Å². The maximum Gasteiger partial charge on any atom is 0.316 e. The van der Waals surface area contributed by atoms with Crippen molar-refractivity contribution in [1.29, 1.82) is 0 Å². The Kier molecular flexibility index (Phi) is 5.91. The van der Waals surface area contributed by atoms with Gasteiger partial charge in [0, 0.05) is 10.9 Å². The number of methoxy groups -OCH3 is 2. The van der Waals surface area contributed by atoms with Crippen LogP contribution in [0.2, 0.25) is 0 Å². The molecule has 0 fully saturated rings. The zero-order valence-electron chi connectivity index (χ0n) is 16.4. The van der Waals surface area contributed by atoms with E-state index in [1.165, 1.54) is 30.2 Å². The average molecular weight is 431 g/mol. The predicted octanol–water partition coefficient (Wildman–Crippen LogP) is 3.99. The SMILES string of the molecule is COC(=O)CSc1nc2sc3c(c2c(=O)n1-c1cccc(OC)c1)CCCCC3. The van der Waals surface area contributed by atoms with E-state index < -0.39 is 0 Å². The zero-order chi connectivity index (χ0) is 20.4. The second kappa shape index (κ2) is 8.59. The maximum absolute atomic E-state index is 13.7. The highest BCUT2D eigenvalue weighted by atomic mass is 32.2. The quantitative estimate of drug-likeness (QED) is 0.264. The summed E-state index contributed by atoms with van der Waals surface area (Å²) in [5.74, 6) is 0.384. The summed E-state index contributed by atoms with van der Waals surface area (Å²) in [5, 5.41) is 1.20. The summed E-state index contributed by atoms with van der Waals surface area (Å²) in [6, 6.07) is 7.33. The molecule has 0 aliphatic heterocycles. The van der Waals surface area contributed by atoms with Crippen molar-refractivity contribution < 1.29 is 14.3 Å². The lowest BCUT2D eigenvalue weighted by atomic mass is 10.1. The summed E-state index contributed by atoms with van der Waals surface area (Å²) in [5.41, 5.74) is 1.74. The molecule has 6 nitrogen and oxygen atoms in total. The molecule has 0 spiro atoms. The minimum absolute atomic E-state index is 0.0868. The highest BCUT2D eigenvalue weighted by Crippen LogP contribution is 2.34. The van der Waals surface area contributed by atoms with Crippen molar-refractivity contribution in [2.45, 2.75) is 37.3 Å². The van der Waals surface area contributed by atoms with Crippen LogP contribution >= 0.6 is 23.1 Å². The number of ether oxygens (including phenoxy) is 2. The summed E-state index contributed by atoms with van der Waals surface area (Å²) < 4.78 is 11.7. The van der Waals surface area contributed by atoms with E-state index in [0.717, 1.165) is 41.5 Å². The van der Waals surface area contributed by atoms with Crippen LogP contribution in [0.3, 0.4) is 0 Å². The third-order valence-electron chi connectivity index (χ3n) is 5.07. The second-order valence-corrected chi connectivity index (χ2v) is 8.87. The lowest BCUT2D eigenvalue weighted by molar-refractivity contribution is -0.137. The van der Waals surface area contributed by atoms with Gasteiger partial charge in [-0.05, 0) is 43.4 Å². The molecule has 0 radical (unpaired) electrons. The molecular weight excluding hydrogens is 408 g/mol. The van der Waals surface area contributed by atoms with Gasteiger partial charge in [-0.3, -0.25) is 14.2 Å². The first-order chi connectivity index (χ1) is 14.1. The van der Waals surface area contributed by atoms with Gasteiger partial charge >= 0.3 is 5.97 Å².